The Labute approximate surface area is 82.3 Å². The van der Waals surface area contributed by atoms with Crippen molar-refractivity contribution in [2.45, 2.75) is 0 Å². The number of imide groups is 1. The van der Waals surface area contributed by atoms with E-state index in [4.69, 9.17) is 0 Å². The molecule has 0 saturated heterocycles. The minimum atomic E-state index is -0.533. The zero-order valence-electron chi connectivity index (χ0n) is 7.62. The molecule has 0 unspecified atom stereocenters. The number of rotatable bonds is 2. The molecular weight excluding hydrogens is 180 g/mol. The second-order valence-corrected chi connectivity index (χ2v) is 2.58. The normalized spacial score (nSPS) is 9.21. The highest BCUT2D eigenvalue weighted by Gasteiger charge is 2.07. The van der Waals surface area contributed by atoms with Crippen molar-refractivity contribution in [3.8, 4) is 0 Å². The highest BCUT2D eigenvalue weighted by molar-refractivity contribution is 6.04. The number of urea groups is 1. The molecule has 0 saturated carbocycles. The smallest absolute Gasteiger partial charge is 0.321 e. The van der Waals surface area contributed by atoms with Crippen LogP contribution in [0.15, 0.2) is 30.3 Å². The number of amides is 3. The third-order valence-corrected chi connectivity index (χ3v) is 1.55. The summed E-state index contributed by atoms with van der Waals surface area (Å²) in [5.41, 5.74) is 0.451. The average Bonchev–Trinajstić information content (AvgIpc) is 2.19. The largest absolute Gasteiger partial charge is 0.338 e. The van der Waals surface area contributed by atoms with Crippen LogP contribution < -0.4 is 10.6 Å². The first-order chi connectivity index (χ1) is 6.74. The van der Waals surface area contributed by atoms with E-state index in [9.17, 15) is 9.59 Å². The van der Waals surface area contributed by atoms with Gasteiger partial charge in [-0.15, -0.1) is 0 Å². The Hall–Kier alpha value is -1.84. The quantitative estimate of drug-likeness (QED) is 0.731. The molecule has 1 aromatic carbocycles. The molecule has 0 aliphatic heterocycles. The van der Waals surface area contributed by atoms with Crippen LogP contribution in [0.1, 0.15) is 10.4 Å². The number of hydrogen-bond acceptors (Lipinski definition) is 2. The molecule has 1 rings (SSSR count). The van der Waals surface area contributed by atoms with Gasteiger partial charge in [-0.25, -0.2) is 4.79 Å². The number of carbonyl (C=O) groups is 2. The first-order valence-electron chi connectivity index (χ1n) is 4.17. The van der Waals surface area contributed by atoms with Gasteiger partial charge >= 0.3 is 6.03 Å². The number of nitrogens with one attached hydrogen (secondary N) is 2. The number of carbonyl (C=O) groups excluding carboxylic acids is 2. The van der Waals surface area contributed by atoms with E-state index in [-0.39, 0.29) is 6.54 Å². The van der Waals surface area contributed by atoms with Gasteiger partial charge in [0.2, 0.25) is 0 Å². The van der Waals surface area contributed by atoms with Gasteiger partial charge in [0.25, 0.3) is 5.91 Å². The van der Waals surface area contributed by atoms with E-state index < -0.39 is 11.9 Å². The molecule has 0 spiro atoms. The molecule has 0 aliphatic carbocycles. The van der Waals surface area contributed by atoms with Crippen molar-refractivity contribution in [3.63, 3.8) is 0 Å². The highest BCUT2D eigenvalue weighted by atomic mass is 16.2. The van der Waals surface area contributed by atoms with Crippen molar-refractivity contribution >= 4 is 11.9 Å². The van der Waals surface area contributed by atoms with Crippen molar-refractivity contribution in [2.75, 3.05) is 6.54 Å². The summed E-state index contributed by atoms with van der Waals surface area (Å²) in [6.07, 6.45) is 0. The van der Waals surface area contributed by atoms with E-state index >= 15 is 0 Å². The molecule has 0 aliphatic rings. The first kappa shape index (κ1) is 10.2. The van der Waals surface area contributed by atoms with Crippen LogP contribution in [-0.2, 0) is 0 Å². The summed E-state index contributed by atoms with van der Waals surface area (Å²) in [5, 5.41) is 4.53. The fourth-order valence-corrected chi connectivity index (χ4v) is 0.923. The Morgan fingerprint density at radius 2 is 1.86 bits per heavy atom. The Kier molecular flexibility index (Phi) is 3.67. The molecule has 73 valence electrons. The minimum absolute atomic E-state index is 0.244. The molecule has 0 aromatic heterocycles. The van der Waals surface area contributed by atoms with E-state index in [1.165, 1.54) is 0 Å². The van der Waals surface area contributed by atoms with Gasteiger partial charge in [-0.3, -0.25) is 10.1 Å². The summed E-state index contributed by atoms with van der Waals surface area (Å²) in [6.45, 7) is 3.67. The molecule has 1 aromatic rings. The van der Waals surface area contributed by atoms with Crippen LogP contribution in [-0.4, -0.2) is 18.5 Å². The lowest BCUT2D eigenvalue weighted by Gasteiger charge is -2.03. The van der Waals surface area contributed by atoms with Crippen LogP contribution in [0.4, 0.5) is 4.79 Å². The Balaban J connectivity index is 2.55. The highest BCUT2D eigenvalue weighted by Crippen LogP contribution is 1.97. The van der Waals surface area contributed by atoms with Gasteiger partial charge in [-0.2, -0.15) is 0 Å². The van der Waals surface area contributed by atoms with Crippen molar-refractivity contribution in [1.29, 1.82) is 0 Å². The third kappa shape index (κ3) is 2.90. The van der Waals surface area contributed by atoms with Crippen LogP contribution in [0, 0.1) is 6.92 Å². The van der Waals surface area contributed by atoms with Crippen LogP contribution in [0.25, 0.3) is 0 Å². The molecule has 0 fully saturated rings. The van der Waals surface area contributed by atoms with Crippen molar-refractivity contribution in [1.82, 2.24) is 10.6 Å². The second-order valence-electron chi connectivity index (χ2n) is 2.58. The Bertz CT molecular complexity index is 322. The molecule has 3 amide bonds. The zero-order chi connectivity index (χ0) is 10.4. The predicted octanol–water partition coefficient (Wildman–Crippen LogP) is 0.960. The topological polar surface area (TPSA) is 58.2 Å². The lowest BCUT2D eigenvalue weighted by molar-refractivity contribution is 0.0964. The van der Waals surface area contributed by atoms with E-state index in [2.05, 4.69) is 17.6 Å². The number of benzene rings is 1. The van der Waals surface area contributed by atoms with Crippen molar-refractivity contribution in [2.24, 2.45) is 0 Å². The molecule has 4 heteroatoms. The van der Waals surface area contributed by atoms with E-state index in [1.54, 1.807) is 30.3 Å². The molecule has 0 heterocycles. The monoisotopic (exact) mass is 191 g/mol. The first-order valence-corrected chi connectivity index (χ1v) is 4.17. The lowest BCUT2D eigenvalue weighted by atomic mass is 10.2. The van der Waals surface area contributed by atoms with Gasteiger partial charge in [-0.1, -0.05) is 18.2 Å². The fraction of sp³-hybridized carbons (Fsp3) is 0.100. The SMILES string of the molecule is [CH2]CNC(=O)NC(=O)c1ccccc1. The molecule has 14 heavy (non-hydrogen) atoms. The molecule has 0 atom stereocenters. The van der Waals surface area contributed by atoms with Crippen LogP contribution in [0.2, 0.25) is 0 Å². The summed E-state index contributed by atoms with van der Waals surface area (Å²) in [5.74, 6) is -0.420. The second kappa shape index (κ2) is 5.01. The predicted molar refractivity (Wildman–Crippen MR) is 52.7 cm³/mol. The van der Waals surface area contributed by atoms with Crippen LogP contribution in [0.5, 0.6) is 0 Å². The fourth-order valence-electron chi connectivity index (χ4n) is 0.923. The van der Waals surface area contributed by atoms with Gasteiger partial charge in [0.1, 0.15) is 0 Å². The van der Waals surface area contributed by atoms with E-state index in [1.807, 2.05) is 0 Å². The summed E-state index contributed by atoms with van der Waals surface area (Å²) in [4.78, 5) is 22.3. The van der Waals surface area contributed by atoms with Crippen LogP contribution in [0.3, 0.4) is 0 Å². The summed E-state index contributed by atoms with van der Waals surface area (Å²) in [7, 11) is 0. The van der Waals surface area contributed by atoms with E-state index in [0.29, 0.717) is 5.56 Å². The maximum absolute atomic E-state index is 11.3. The maximum Gasteiger partial charge on any atom is 0.321 e. The summed E-state index contributed by atoms with van der Waals surface area (Å²) in [6, 6.07) is 7.99. The van der Waals surface area contributed by atoms with Crippen molar-refractivity contribution < 1.29 is 9.59 Å². The molecule has 1 radical (unpaired) electrons. The van der Waals surface area contributed by atoms with Gasteiger partial charge in [-0.05, 0) is 19.1 Å². The summed E-state index contributed by atoms with van der Waals surface area (Å²) >= 11 is 0. The Morgan fingerprint density at radius 3 is 2.43 bits per heavy atom. The van der Waals surface area contributed by atoms with Crippen LogP contribution >= 0.6 is 0 Å². The van der Waals surface area contributed by atoms with E-state index in [0.717, 1.165) is 0 Å². The van der Waals surface area contributed by atoms with Gasteiger partial charge in [0, 0.05) is 12.1 Å². The molecule has 0 bridgehead atoms. The standard InChI is InChI=1S/C10H11N2O2/c1-2-11-10(14)12-9(13)8-6-4-3-5-7-8/h3-7H,1-2H2,(H2,11,12,13,14). The average molecular weight is 191 g/mol. The molecule has 4 nitrogen and oxygen atoms in total. The minimum Gasteiger partial charge on any atom is -0.338 e. The zero-order valence-corrected chi connectivity index (χ0v) is 7.62. The molecule has 2 N–H and O–H groups in total. The van der Waals surface area contributed by atoms with Gasteiger partial charge < -0.3 is 5.32 Å². The molecular formula is C10H11N2O2. The Morgan fingerprint density at radius 1 is 1.21 bits per heavy atom. The maximum atomic E-state index is 11.3. The third-order valence-electron chi connectivity index (χ3n) is 1.55. The lowest BCUT2D eigenvalue weighted by Crippen LogP contribution is -2.39. The number of hydrogen-bond donors (Lipinski definition) is 2. The van der Waals surface area contributed by atoms with Gasteiger partial charge in [0.05, 0.1) is 0 Å². The summed E-state index contributed by atoms with van der Waals surface area (Å²) < 4.78 is 0. The van der Waals surface area contributed by atoms with Crippen molar-refractivity contribution in [3.05, 3.63) is 42.8 Å². The van der Waals surface area contributed by atoms with Gasteiger partial charge in [0.15, 0.2) is 0 Å².